The summed E-state index contributed by atoms with van der Waals surface area (Å²) >= 11 is 0. The summed E-state index contributed by atoms with van der Waals surface area (Å²) in [6.07, 6.45) is 1.93. The highest BCUT2D eigenvalue weighted by molar-refractivity contribution is 5.85. The van der Waals surface area contributed by atoms with E-state index in [0.717, 1.165) is 12.8 Å². The quantitative estimate of drug-likeness (QED) is 0.741. The molecule has 0 radical (unpaired) electrons. The van der Waals surface area contributed by atoms with E-state index in [2.05, 4.69) is 12.2 Å². The fourth-order valence-corrected chi connectivity index (χ4v) is 2.09. The Labute approximate surface area is 92.0 Å². The Morgan fingerprint density at radius 2 is 2.20 bits per heavy atom. The minimum Gasteiger partial charge on any atom is -0.383 e. The van der Waals surface area contributed by atoms with E-state index in [-0.39, 0.29) is 17.6 Å². The van der Waals surface area contributed by atoms with Gasteiger partial charge in [0, 0.05) is 13.7 Å². The van der Waals surface area contributed by atoms with Crippen molar-refractivity contribution in [1.29, 1.82) is 0 Å². The average molecular weight is 214 g/mol. The summed E-state index contributed by atoms with van der Waals surface area (Å²) in [6, 6.07) is -0.0122. The molecule has 1 aliphatic rings. The van der Waals surface area contributed by atoms with E-state index in [0.29, 0.717) is 13.2 Å². The Kier molecular flexibility index (Phi) is 4.11. The monoisotopic (exact) mass is 214 g/mol. The van der Waals surface area contributed by atoms with E-state index in [1.807, 2.05) is 18.7 Å². The van der Waals surface area contributed by atoms with Crippen molar-refractivity contribution in [3.8, 4) is 0 Å². The van der Waals surface area contributed by atoms with Gasteiger partial charge in [0.05, 0.1) is 18.3 Å². The van der Waals surface area contributed by atoms with Crippen molar-refractivity contribution in [2.24, 2.45) is 0 Å². The first-order valence-electron chi connectivity index (χ1n) is 5.61. The van der Waals surface area contributed by atoms with Crippen LogP contribution in [0.4, 0.5) is 0 Å². The van der Waals surface area contributed by atoms with Crippen molar-refractivity contribution in [2.75, 3.05) is 20.3 Å². The molecule has 1 atom stereocenters. The number of nitrogens with one attached hydrogen (secondary N) is 1. The fourth-order valence-electron chi connectivity index (χ4n) is 2.09. The lowest BCUT2D eigenvalue weighted by molar-refractivity contribution is -0.132. The molecule has 15 heavy (non-hydrogen) atoms. The number of ether oxygens (including phenoxy) is 1. The molecule has 0 aromatic rings. The highest BCUT2D eigenvalue weighted by Gasteiger charge is 2.43. The number of rotatable bonds is 5. The van der Waals surface area contributed by atoms with E-state index in [4.69, 9.17) is 4.74 Å². The zero-order chi connectivity index (χ0) is 11.5. The Balaban J connectivity index is 2.64. The third-order valence-electron chi connectivity index (χ3n) is 2.86. The molecule has 88 valence electrons. The molecule has 1 N–H and O–H groups in total. The van der Waals surface area contributed by atoms with Gasteiger partial charge in [0.1, 0.15) is 0 Å². The summed E-state index contributed by atoms with van der Waals surface area (Å²) < 4.78 is 5.02. The largest absolute Gasteiger partial charge is 0.383 e. The van der Waals surface area contributed by atoms with Gasteiger partial charge in [0.2, 0.25) is 5.91 Å². The van der Waals surface area contributed by atoms with Crippen molar-refractivity contribution in [2.45, 2.75) is 45.3 Å². The SMILES string of the molecule is CCC[C@H]1NC(C)(C)N(CCOC)C1=O. The molecular formula is C11H22N2O2. The van der Waals surface area contributed by atoms with Crippen molar-refractivity contribution >= 4 is 5.91 Å². The van der Waals surface area contributed by atoms with Gasteiger partial charge in [0.25, 0.3) is 0 Å². The van der Waals surface area contributed by atoms with Gasteiger partial charge in [-0.25, -0.2) is 0 Å². The van der Waals surface area contributed by atoms with Gasteiger partial charge in [-0.1, -0.05) is 13.3 Å². The third kappa shape index (κ3) is 2.69. The molecule has 0 aromatic heterocycles. The van der Waals surface area contributed by atoms with Gasteiger partial charge in [-0.15, -0.1) is 0 Å². The predicted octanol–water partition coefficient (Wildman–Crippen LogP) is 0.969. The lowest BCUT2D eigenvalue weighted by atomic mass is 10.2. The number of hydrogen-bond acceptors (Lipinski definition) is 3. The number of hydrogen-bond donors (Lipinski definition) is 1. The van der Waals surface area contributed by atoms with Crippen LogP contribution in [0.25, 0.3) is 0 Å². The molecule has 0 aromatic carbocycles. The Bertz CT molecular complexity index is 229. The minimum atomic E-state index is -0.241. The molecule has 0 saturated carbocycles. The maximum atomic E-state index is 12.0. The lowest BCUT2D eigenvalue weighted by Gasteiger charge is -2.30. The summed E-state index contributed by atoms with van der Waals surface area (Å²) in [4.78, 5) is 13.9. The molecule has 1 fully saturated rings. The normalized spacial score (nSPS) is 24.9. The second kappa shape index (κ2) is 4.94. The van der Waals surface area contributed by atoms with Crippen LogP contribution in [-0.2, 0) is 9.53 Å². The molecule has 1 amide bonds. The molecule has 0 bridgehead atoms. The number of methoxy groups -OCH3 is 1. The van der Waals surface area contributed by atoms with Crippen LogP contribution >= 0.6 is 0 Å². The average Bonchev–Trinajstić information content (AvgIpc) is 2.36. The summed E-state index contributed by atoms with van der Waals surface area (Å²) in [7, 11) is 1.66. The maximum Gasteiger partial charge on any atom is 0.241 e. The van der Waals surface area contributed by atoms with Crippen LogP contribution in [0, 0.1) is 0 Å². The first-order chi connectivity index (χ1) is 7.03. The zero-order valence-electron chi connectivity index (χ0n) is 10.2. The van der Waals surface area contributed by atoms with Crippen LogP contribution in [-0.4, -0.2) is 42.8 Å². The third-order valence-corrected chi connectivity index (χ3v) is 2.86. The first-order valence-corrected chi connectivity index (χ1v) is 5.61. The van der Waals surface area contributed by atoms with E-state index in [1.54, 1.807) is 7.11 Å². The molecule has 1 saturated heterocycles. The van der Waals surface area contributed by atoms with E-state index in [9.17, 15) is 4.79 Å². The molecule has 4 nitrogen and oxygen atoms in total. The molecular weight excluding hydrogens is 192 g/mol. The summed E-state index contributed by atoms with van der Waals surface area (Å²) in [5, 5.41) is 3.36. The fraction of sp³-hybridized carbons (Fsp3) is 0.909. The number of amides is 1. The first kappa shape index (κ1) is 12.5. The molecule has 4 heteroatoms. The molecule has 0 aliphatic carbocycles. The second-order valence-corrected chi connectivity index (χ2v) is 4.53. The van der Waals surface area contributed by atoms with Gasteiger partial charge in [-0.05, 0) is 20.3 Å². The van der Waals surface area contributed by atoms with Crippen LogP contribution in [0.1, 0.15) is 33.6 Å². The maximum absolute atomic E-state index is 12.0. The molecule has 1 rings (SSSR count). The number of carbonyl (C=O) groups is 1. The van der Waals surface area contributed by atoms with Crippen LogP contribution in [0.5, 0.6) is 0 Å². The van der Waals surface area contributed by atoms with Crippen LogP contribution < -0.4 is 5.32 Å². The highest BCUT2D eigenvalue weighted by Crippen LogP contribution is 2.22. The summed E-state index contributed by atoms with van der Waals surface area (Å²) in [5.74, 6) is 0.207. The molecule has 0 unspecified atom stereocenters. The highest BCUT2D eigenvalue weighted by atomic mass is 16.5. The van der Waals surface area contributed by atoms with Crippen molar-refractivity contribution < 1.29 is 9.53 Å². The Hall–Kier alpha value is -0.610. The standard InChI is InChI=1S/C11H22N2O2/c1-5-6-9-10(14)13(7-8-15-4)11(2,3)12-9/h9,12H,5-8H2,1-4H3/t9-/m1/s1. The van der Waals surface area contributed by atoms with Gasteiger partial charge >= 0.3 is 0 Å². The summed E-state index contributed by atoms with van der Waals surface area (Å²) in [6.45, 7) is 7.43. The zero-order valence-corrected chi connectivity index (χ0v) is 10.2. The van der Waals surface area contributed by atoms with Crippen molar-refractivity contribution in [3.05, 3.63) is 0 Å². The Morgan fingerprint density at radius 1 is 1.53 bits per heavy atom. The molecule has 1 heterocycles. The summed E-state index contributed by atoms with van der Waals surface area (Å²) in [5.41, 5.74) is -0.241. The topological polar surface area (TPSA) is 41.6 Å². The predicted molar refractivity (Wildman–Crippen MR) is 59.5 cm³/mol. The van der Waals surface area contributed by atoms with Crippen molar-refractivity contribution in [1.82, 2.24) is 10.2 Å². The second-order valence-electron chi connectivity index (χ2n) is 4.53. The van der Waals surface area contributed by atoms with Crippen LogP contribution in [0.2, 0.25) is 0 Å². The van der Waals surface area contributed by atoms with E-state index >= 15 is 0 Å². The number of carbonyl (C=O) groups excluding carboxylic acids is 1. The van der Waals surface area contributed by atoms with Gasteiger partial charge in [-0.2, -0.15) is 0 Å². The smallest absolute Gasteiger partial charge is 0.241 e. The molecule has 0 spiro atoms. The van der Waals surface area contributed by atoms with Crippen LogP contribution in [0.15, 0.2) is 0 Å². The van der Waals surface area contributed by atoms with Gasteiger partial charge in [0.15, 0.2) is 0 Å². The number of nitrogens with zero attached hydrogens (tertiary/aromatic N) is 1. The molecule has 1 aliphatic heterocycles. The minimum absolute atomic E-state index is 0.0122. The van der Waals surface area contributed by atoms with Crippen molar-refractivity contribution in [3.63, 3.8) is 0 Å². The van der Waals surface area contributed by atoms with E-state index < -0.39 is 0 Å². The van der Waals surface area contributed by atoms with Crippen LogP contribution in [0.3, 0.4) is 0 Å². The van der Waals surface area contributed by atoms with E-state index in [1.165, 1.54) is 0 Å². The Morgan fingerprint density at radius 3 is 2.73 bits per heavy atom. The van der Waals surface area contributed by atoms with Gasteiger partial charge < -0.3 is 9.64 Å². The van der Waals surface area contributed by atoms with Gasteiger partial charge in [-0.3, -0.25) is 10.1 Å². The lowest BCUT2D eigenvalue weighted by Crippen LogP contribution is -2.48.